The van der Waals surface area contributed by atoms with Gasteiger partial charge < -0.3 is 19.2 Å². The number of methoxy groups -OCH3 is 1. The Labute approximate surface area is 174 Å². The molecule has 31 heavy (non-hydrogen) atoms. The number of rotatable bonds is 8. The van der Waals surface area contributed by atoms with E-state index in [-0.39, 0.29) is 36.9 Å². The predicted molar refractivity (Wildman–Crippen MR) is 106 cm³/mol. The topological polar surface area (TPSA) is 95.4 Å². The number of nitrogens with one attached hydrogen (secondary N) is 1. The number of H-pyrrole nitrogens is 1. The van der Waals surface area contributed by atoms with E-state index in [1.54, 1.807) is 12.1 Å². The zero-order chi connectivity index (χ0) is 22.4. The predicted octanol–water partition coefficient (Wildman–Crippen LogP) is 2.37. The first-order valence-corrected chi connectivity index (χ1v) is 9.29. The second-order valence-electron chi connectivity index (χ2n) is 6.57. The Balaban J connectivity index is 1.90. The number of pyridine rings is 1. The number of aromatic nitrogens is 3. The van der Waals surface area contributed by atoms with Crippen LogP contribution in [0.5, 0.6) is 6.01 Å². The van der Waals surface area contributed by atoms with Gasteiger partial charge in [0, 0.05) is 36.7 Å². The molecule has 0 radical (unpaired) electrons. The molecule has 2 aromatic heterocycles. The molecule has 0 aliphatic heterocycles. The van der Waals surface area contributed by atoms with Gasteiger partial charge in [0.05, 0.1) is 18.4 Å². The maximum Gasteiger partial charge on any atom is 0.411 e. The first-order valence-electron chi connectivity index (χ1n) is 9.29. The van der Waals surface area contributed by atoms with Crippen molar-refractivity contribution in [3.8, 4) is 17.3 Å². The molecule has 2 heterocycles. The van der Waals surface area contributed by atoms with E-state index >= 15 is 0 Å². The lowest BCUT2D eigenvalue weighted by molar-refractivity contribution is -0.180. The van der Waals surface area contributed by atoms with Gasteiger partial charge in [0.2, 0.25) is 5.56 Å². The molecular weight excluding hydrogens is 419 g/mol. The van der Waals surface area contributed by atoms with E-state index in [2.05, 4.69) is 9.97 Å². The zero-order valence-corrected chi connectivity index (χ0v) is 16.5. The highest BCUT2D eigenvalue weighted by Gasteiger charge is 2.29. The minimum absolute atomic E-state index is 0.0367. The Morgan fingerprint density at radius 2 is 2.06 bits per heavy atom. The molecule has 3 rings (SSSR count). The van der Waals surface area contributed by atoms with Crippen molar-refractivity contribution < 1.29 is 27.4 Å². The Bertz CT molecular complexity index is 1090. The van der Waals surface area contributed by atoms with Crippen LogP contribution in [0.1, 0.15) is 6.42 Å². The summed E-state index contributed by atoms with van der Waals surface area (Å²) in [7, 11) is 1.49. The second-order valence-corrected chi connectivity index (χ2v) is 6.57. The summed E-state index contributed by atoms with van der Waals surface area (Å²) in [5.41, 5.74) is 0.218. The molecule has 2 aromatic rings. The third kappa shape index (κ3) is 6.15. The Morgan fingerprint density at radius 3 is 2.71 bits per heavy atom. The van der Waals surface area contributed by atoms with Gasteiger partial charge >= 0.3 is 12.2 Å². The summed E-state index contributed by atoms with van der Waals surface area (Å²) in [6.07, 6.45) is 0.880. The molecule has 0 spiro atoms. The van der Waals surface area contributed by atoms with Crippen LogP contribution in [-0.2, 0) is 9.47 Å². The minimum Gasteiger partial charge on any atom is -0.462 e. The fourth-order valence-electron chi connectivity index (χ4n) is 2.84. The molecule has 1 N–H and O–H groups in total. The number of hydrogen-bond acceptors (Lipinski definition) is 6. The molecule has 0 saturated carbocycles. The van der Waals surface area contributed by atoms with Gasteiger partial charge in [-0.05, 0) is 18.6 Å². The molecule has 11 heteroatoms. The van der Waals surface area contributed by atoms with Crippen molar-refractivity contribution in [2.45, 2.75) is 18.7 Å². The lowest BCUT2D eigenvalue weighted by atomic mass is 10.1. The van der Waals surface area contributed by atoms with E-state index in [4.69, 9.17) is 14.2 Å². The Morgan fingerprint density at radius 1 is 1.26 bits per heavy atom. The fourth-order valence-corrected chi connectivity index (χ4v) is 2.84. The molecule has 1 unspecified atom stereocenters. The number of halogens is 3. The summed E-state index contributed by atoms with van der Waals surface area (Å²) in [4.78, 5) is 31.3. The lowest BCUT2D eigenvalue weighted by Crippen LogP contribution is -2.26. The highest BCUT2D eigenvalue weighted by Crippen LogP contribution is 2.24. The summed E-state index contributed by atoms with van der Waals surface area (Å²) >= 11 is 0. The van der Waals surface area contributed by atoms with Crippen molar-refractivity contribution in [3.63, 3.8) is 0 Å². The van der Waals surface area contributed by atoms with Crippen molar-refractivity contribution in [3.05, 3.63) is 63.3 Å². The smallest absolute Gasteiger partial charge is 0.411 e. The molecule has 166 valence electrons. The summed E-state index contributed by atoms with van der Waals surface area (Å²) in [5.74, 6) is 0. The maximum atomic E-state index is 12.9. The Kier molecular flexibility index (Phi) is 7.08. The molecular formula is C20H20F3N3O5. The van der Waals surface area contributed by atoms with Crippen LogP contribution in [0.15, 0.2) is 52.2 Å². The zero-order valence-electron chi connectivity index (χ0n) is 16.5. The second kappa shape index (κ2) is 9.75. The molecule has 8 nitrogen and oxygen atoms in total. The largest absolute Gasteiger partial charge is 0.462 e. The minimum atomic E-state index is -4.42. The average Bonchev–Trinajstić information content (AvgIpc) is 2.72. The van der Waals surface area contributed by atoms with E-state index in [0.717, 1.165) is 0 Å². The molecule has 0 saturated heterocycles. The maximum absolute atomic E-state index is 12.9. The van der Waals surface area contributed by atoms with Crippen molar-refractivity contribution in [2.75, 3.05) is 26.9 Å². The third-order valence-electron chi connectivity index (χ3n) is 4.24. The molecule has 0 bridgehead atoms. The van der Waals surface area contributed by atoms with Crippen LogP contribution < -0.4 is 15.9 Å². The van der Waals surface area contributed by atoms with Gasteiger partial charge in [-0.3, -0.25) is 9.59 Å². The van der Waals surface area contributed by atoms with Crippen molar-refractivity contribution in [1.29, 1.82) is 0 Å². The number of nitrogens with zero attached hydrogens (tertiary/aromatic N) is 2. The van der Waals surface area contributed by atoms with Gasteiger partial charge in [-0.25, -0.2) is 4.57 Å². The van der Waals surface area contributed by atoms with E-state index in [0.29, 0.717) is 11.3 Å². The van der Waals surface area contributed by atoms with Gasteiger partial charge in [-0.15, -0.1) is 0 Å². The molecule has 0 amide bonds. The number of ether oxygens (including phenoxy) is 3. The first kappa shape index (κ1) is 22.5. The molecule has 0 aromatic carbocycles. The van der Waals surface area contributed by atoms with Crippen molar-refractivity contribution in [2.24, 2.45) is 0 Å². The first-order chi connectivity index (χ1) is 14.8. The Hall–Kier alpha value is -3.18. The number of aromatic amines is 1. The molecule has 1 aliphatic carbocycles. The van der Waals surface area contributed by atoms with Gasteiger partial charge in [0.25, 0.3) is 5.56 Å². The monoisotopic (exact) mass is 439 g/mol. The molecule has 1 aliphatic rings. The standard InChI is InChI=1S/C20H20F3N3O5/c1-29-8-9-30-19-25-16(13-6-7-24-17(27)10-13)11-18(28)26(19)14-2-4-15(5-3-14)31-12-20(21,22)23/h2-4,6-7,10-11,15H,5,8-9,12H2,1H3,(H,24,27). The van der Waals surface area contributed by atoms with Gasteiger partial charge in [0.15, 0.2) is 0 Å². The van der Waals surface area contributed by atoms with Gasteiger partial charge in [0.1, 0.15) is 13.2 Å². The summed E-state index contributed by atoms with van der Waals surface area (Å²) in [5, 5.41) is 0. The normalized spacial score (nSPS) is 16.3. The summed E-state index contributed by atoms with van der Waals surface area (Å²) < 4.78 is 53.6. The summed E-state index contributed by atoms with van der Waals surface area (Å²) in [6.45, 7) is -1.01. The van der Waals surface area contributed by atoms with Crippen LogP contribution in [-0.4, -0.2) is 53.7 Å². The summed E-state index contributed by atoms with van der Waals surface area (Å²) in [6, 6.07) is 4.10. The highest BCUT2D eigenvalue weighted by atomic mass is 19.4. The van der Waals surface area contributed by atoms with Gasteiger partial charge in [-0.2, -0.15) is 18.2 Å². The van der Waals surface area contributed by atoms with Crippen LogP contribution in [0.3, 0.4) is 0 Å². The molecule has 0 fully saturated rings. The fraction of sp³-hybridized carbons (Fsp3) is 0.350. The number of alkyl halides is 3. The van der Waals surface area contributed by atoms with Crippen LogP contribution in [0.25, 0.3) is 17.0 Å². The van der Waals surface area contributed by atoms with E-state index < -0.39 is 24.4 Å². The van der Waals surface area contributed by atoms with Crippen LogP contribution in [0.2, 0.25) is 0 Å². The van der Waals surface area contributed by atoms with E-state index in [1.807, 2.05) is 0 Å². The van der Waals surface area contributed by atoms with E-state index in [9.17, 15) is 22.8 Å². The highest BCUT2D eigenvalue weighted by molar-refractivity contribution is 5.63. The van der Waals surface area contributed by atoms with Crippen LogP contribution in [0.4, 0.5) is 13.2 Å². The van der Waals surface area contributed by atoms with Crippen LogP contribution >= 0.6 is 0 Å². The molecule has 1 atom stereocenters. The quantitative estimate of drug-likeness (QED) is 0.635. The number of allylic oxidation sites excluding steroid dienone is 2. The van der Waals surface area contributed by atoms with Crippen LogP contribution in [0, 0.1) is 0 Å². The third-order valence-corrected chi connectivity index (χ3v) is 4.24. The van der Waals surface area contributed by atoms with E-state index in [1.165, 1.54) is 42.2 Å². The van der Waals surface area contributed by atoms with Crippen molar-refractivity contribution >= 4 is 5.70 Å². The SMILES string of the molecule is COCCOc1nc(-c2cc[nH]c(=O)c2)cc(=O)n1C1=CCC(OCC(F)(F)F)C=C1. The lowest BCUT2D eigenvalue weighted by Gasteiger charge is -2.20. The van der Waals surface area contributed by atoms with Gasteiger partial charge in [-0.1, -0.05) is 12.2 Å². The number of hydrogen-bond donors (Lipinski definition) is 1. The average molecular weight is 439 g/mol. The van der Waals surface area contributed by atoms with Crippen molar-refractivity contribution in [1.82, 2.24) is 14.5 Å².